The molecule has 1 fully saturated rings. The molecule has 2 rings (SSSR count). The van der Waals surface area contributed by atoms with Gasteiger partial charge in [-0.2, -0.15) is 0 Å². The Balaban J connectivity index is 1.93. The van der Waals surface area contributed by atoms with Gasteiger partial charge in [-0.05, 0) is 26.2 Å². The van der Waals surface area contributed by atoms with Crippen molar-refractivity contribution >= 4 is 17.5 Å². The van der Waals surface area contributed by atoms with Crippen LogP contribution in [0.15, 0.2) is 0 Å². The van der Waals surface area contributed by atoms with Crippen LogP contribution in [0.1, 0.15) is 56.3 Å². The normalized spacial score (nSPS) is 15.6. The molecular weight excluding hydrogens is 276 g/mol. The Bertz CT molecular complexity index is 498. The Morgan fingerprint density at radius 3 is 2.27 bits per heavy atom. The Morgan fingerprint density at radius 2 is 1.73 bits per heavy atom. The van der Waals surface area contributed by atoms with E-state index in [1.807, 2.05) is 32.8 Å². The van der Waals surface area contributed by atoms with Crippen molar-refractivity contribution in [1.29, 1.82) is 0 Å². The third-order valence-corrected chi connectivity index (χ3v) is 4.43. The molecule has 5 nitrogen and oxygen atoms in total. The number of nitrogens with one attached hydrogen (secondary N) is 1. The van der Waals surface area contributed by atoms with Crippen LogP contribution in [0.4, 0.5) is 11.6 Å². The minimum atomic E-state index is 0.0815. The number of carbonyl (C=O) groups is 1. The second kappa shape index (κ2) is 7.56. The molecule has 1 aliphatic carbocycles. The number of aromatic nitrogens is 2. The van der Waals surface area contributed by atoms with Gasteiger partial charge < -0.3 is 10.2 Å². The molecule has 1 aliphatic rings. The van der Waals surface area contributed by atoms with Crippen LogP contribution < -0.4 is 10.2 Å². The van der Waals surface area contributed by atoms with Crippen LogP contribution in [-0.2, 0) is 4.79 Å². The first-order chi connectivity index (χ1) is 10.5. The molecule has 0 radical (unpaired) electrons. The van der Waals surface area contributed by atoms with Gasteiger partial charge in [-0.1, -0.05) is 32.1 Å². The predicted octanol–water partition coefficient (Wildman–Crippen LogP) is 3.46. The first-order valence-electron chi connectivity index (χ1n) is 8.29. The Hall–Kier alpha value is -1.65. The molecule has 0 atom stereocenters. The summed E-state index contributed by atoms with van der Waals surface area (Å²) in [6.45, 7) is 3.83. The van der Waals surface area contributed by atoms with Crippen molar-refractivity contribution in [3.63, 3.8) is 0 Å². The van der Waals surface area contributed by atoms with Crippen LogP contribution >= 0.6 is 0 Å². The summed E-state index contributed by atoms with van der Waals surface area (Å²) >= 11 is 0. The fraction of sp³-hybridized carbons (Fsp3) is 0.706. The number of carbonyl (C=O) groups excluding carboxylic acids is 1. The molecule has 5 heteroatoms. The highest BCUT2D eigenvalue weighted by molar-refractivity contribution is 5.91. The fourth-order valence-electron chi connectivity index (χ4n) is 3.09. The zero-order valence-corrected chi connectivity index (χ0v) is 14.3. The monoisotopic (exact) mass is 304 g/mol. The quantitative estimate of drug-likeness (QED) is 0.905. The average Bonchev–Trinajstić information content (AvgIpc) is 2.49. The van der Waals surface area contributed by atoms with Gasteiger partial charge in [0.05, 0.1) is 17.1 Å². The first kappa shape index (κ1) is 16.7. The predicted molar refractivity (Wildman–Crippen MR) is 90.3 cm³/mol. The van der Waals surface area contributed by atoms with Crippen LogP contribution in [-0.4, -0.2) is 30.0 Å². The molecule has 0 bridgehead atoms. The minimum absolute atomic E-state index is 0.0815. The van der Waals surface area contributed by atoms with Crippen LogP contribution in [0, 0.1) is 19.8 Å². The van der Waals surface area contributed by atoms with Gasteiger partial charge in [0, 0.05) is 20.5 Å². The lowest BCUT2D eigenvalue weighted by molar-refractivity contribution is -0.116. The molecular formula is C17H28N4O. The third kappa shape index (κ3) is 4.42. The maximum atomic E-state index is 12.2. The van der Waals surface area contributed by atoms with E-state index < -0.39 is 0 Å². The van der Waals surface area contributed by atoms with E-state index in [9.17, 15) is 4.79 Å². The molecule has 0 aromatic carbocycles. The van der Waals surface area contributed by atoms with E-state index in [2.05, 4.69) is 15.3 Å². The molecule has 0 aliphatic heterocycles. The molecule has 1 heterocycles. The summed E-state index contributed by atoms with van der Waals surface area (Å²) in [7, 11) is 3.83. The van der Waals surface area contributed by atoms with Gasteiger partial charge in [0.1, 0.15) is 0 Å². The molecule has 22 heavy (non-hydrogen) atoms. The van der Waals surface area contributed by atoms with Crippen molar-refractivity contribution in [2.75, 3.05) is 24.3 Å². The minimum Gasteiger partial charge on any atom is -0.347 e. The van der Waals surface area contributed by atoms with E-state index in [-0.39, 0.29) is 5.91 Å². The van der Waals surface area contributed by atoms with Crippen LogP contribution in [0.3, 0.4) is 0 Å². The number of aryl methyl sites for hydroxylation is 2. The van der Waals surface area contributed by atoms with Gasteiger partial charge in [-0.25, -0.2) is 9.97 Å². The van der Waals surface area contributed by atoms with Gasteiger partial charge in [0.25, 0.3) is 0 Å². The summed E-state index contributed by atoms with van der Waals surface area (Å²) in [4.78, 5) is 22.9. The zero-order chi connectivity index (χ0) is 16.1. The Morgan fingerprint density at radius 1 is 1.14 bits per heavy atom. The van der Waals surface area contributed by atoms with E-state index in [1.165, 1.54) is 32.1 Å². The second-order valence-corrected chi connectivity index (χ2v) is 6.55. The highest BCUT2D eigenvalue weighted by Crippen LogP contribution is 2.27. The fourth-order valence-corrected chi connectivity index (χ4v) is 3.09. The van der Waals surface area contributed by atoms with Crippen molar-refractivity contribution in [2.45, 2.75) is 58.8 Å². The number of rotatable bonds is 5. The zero-order valence-electron chi connectivity index (χ0n) is 14.3. The number of hydrogen-bond donors (Lipinski definition) is 1. The lowest BCUT2D eigenvalue weighted by atomic mass is 9.86. The summed E-state index contributed by atoms with van der Waals surface area (Å²) in [5.74, 6) is 1.49. The van der Waals surface area contributed by atoms with Crippen molar-refractivity contribution < 1.29 is 4.79 Å². The van der Waals surface area contributed by atoms with Crippen LogP contribution in [0.25, 0.3) is 0 Å². The highest BCUT2D eigenvalue weighted by atomic mass is 16.1. The molecule has 0 spiro atoms. The molecule has 1 aromatic rings. The molecule has 1 saturated carbocycles. The van der Waals surface area contributed by atoms with E-state index in [1.54, 1.807) is 0 Å². The maximum absolute atomic E-state index is 12.2. The topological polar surface area (TPSA) is 58.1 Å². The Kier molecular flexibility index (Phi) is 5.75. The third-order valence-electron chi connectivity index (χ3n) is 4.43. The largest absolute Gasteiger partial charge is 0.347 e. The summed E-state index contributed by atoms with van der Waals surface area (Å²) in [5, 5.41) is 3.00. The van der Waals surface area contributed by atoms with Crippen molar-refractivity contribution in [2.24, 2.45) is 5.92 Å². The van der Waals surface area contributed by atoms with Gasteiger partial charge in [0.2, 0.25) is 11.9 Å². The van der Waals surface area contributed by atoms with Crippen molar-refractivity contribution in [3.8, 4) is 0 Å². The number of anilines is 2. The molecule has 1 aromatic heterocycles. The molecule has 0 saturated heterocycles. The number of nitrogens with zero attached hydrogens (tertiary/aromatic N) is 3. The maximum Gasteiger partial charge on any atom is 0.225 e. The Labute approximate surface area is 133 Å². The lowest BCUT2D eigenvalue weighted by Crippen LogP contribution is -2.19. The molecule has 0 unspecified atom stereocenters. The summed E-state index contributed by atoms with van der Waals surface area (Å²) < 4.78 is 0. The summed E-state index contributed by atoms with van der Waals surface area (Å²) in [5.41, 5.74) is 2.41. The van der Waals surface area contributed by atoms with Crippen molar-refractivity contribution in [3.05, 3.63) is 11.4 Å². The van der Waals surface area contributed by atoms with Crippen LogP contribution in [0.2, 0.25) is 0 Å². The van der Waals surface area contributed by atoms with E-state index >= 15 is 0 Å². The smallest absolute Gasteiger partial charge is 0.225 e. The molecule has 1 amide bonds. The van der Waals surface area contributed by atoms with Gasteiger partial charge in [-0.3, -0.25) is 4.79 Å². The summed E-state index contributed by atoms with van der Waals surface area (Å²) in [6.07, 6.45) is 8.17. The molecule has 1 N–H and O–H groups in total. The highest BCUT2D eigenvalue weighted by Gasteiger charge is 2.16. The standard InChI is InChI=1S/C17H28N4O/c1-12-16(13(2)19-17(18-12)21(3)4)20-15(22)11-10-14-8-6-5-7-9-14/h14H,5-11H2,1-4H3,(H,20,22). The first-order valence-corrected chi connectivity index (χ1v) is 8.29. The number of hydrogen-bond acceptors (Lipinski definition) is 4. The van der Waals surface area contributed by atoms with Gasteiger partial charge in [-0.15, -0.1) is 0 Å². The lowest BCUT2D eigenvalue weighted by Gasteiger charge is -2.21. The van der Waals surface area contributed by atoms with E-state index in [0.29, 0.717) is 12.4 Å². The summed E-state index contributed by atoms with van der Waals surface area (Å²) in [6, 6.07) is 0. The van der Waals surface area contributed by atoms with E-state index in [4.69, 9.17) is 0 Å². The molecule has 122 valence electrons. The average molecular weight is 304 g/mol. The van der Waals surface area contributed by atoms with Crippen LogP contribution in [0.5, 0.6) is 0 Å². The SMILES string of the molecule is Cc1nc(N(C)C)nc(C)c1NC(=O)CCC1CCCCC1. The van der Waals surface area contributed by atoms with Gasteiger partial charge >= 0.3 is 0 Å². The van der Waals surface area contributed by atoms with E-state index in [0.717, 1.165) is 29.4 Å². The van der Waals surface area contributed by atoms with Crippen molar-refractivity contribution in [1.82, 2.24) is 9.97 Å². The second-order valence-electron chi connectivity index (χ2n) is 6.55. The van der Waals surface area contributed by atoms with Gasteiger partial charge in [0.15, 0.2) is 0 Å². The number of amides is 1.